The highest BCUT2D eigenvalue weighted by Gasteiger charge is 2.48. The smallest absolute Gasteiger partial charge is 0.222 e. The maximum absolute atomic E-state index is 12.8. The number of hydrogen-bond acceptors (Lipinski definition) is 3. The second-order valence-corrected chi connectivity index (χ2v) is 9.95. The second kappa shape index (κ2) is 7.79. The summed E-state index contributed by atoms with van der Waals surface area (Å²) in [4.78, 5) is 15.2. The van der Waals surface area contributed by atoms with E-state index in [2.05, 4.69) is 41.4 Å². The van der Waals surface area contributed by atoms with Gasteiger partial charge in [-0.3, -0.25) is 9.69 Å². The van der Waals surface area contributed by atoms with Crippen LogP contribution in [-0.2, 0) is 16.1 Å². The molecule has 28 heavy (non-hydrogen) atoms. The lowest BCUT2D eigenvalue weighted by atomic mass is 9.54. The monoisotopic (exact) mass is 382 g/mol. The Morgan fingerprint density at radius 2 is 1.89 bits per heavy atom. The van der Waals surface area contributed by atoms with Crippen LogP contribution in [0.1, 0.15) is 49.7 Å². The molecule has 4 saturated carbocycles. The zero-order chi connectivity index (χ0) is 19.1. The van der Waals surface area contributed by atoms with Gasteiger partial charge in [0.1, 0.15) is 0 Å². The molecular weight excluding hydrogens is 348 g/mol. The van der Waals surface area contributed by atoms with E-state index in [-0.39, 0.29) is 12.0 Å². The Balaban J connectivity index is 1.13. The zero-order valence-electron chi connectivity index (χ0n) is 17.1. The maximum atomic E-state index is 12.8. The topological polar surface area (TPSA) is 41.6 Å². The van der Waals surface area contributed by atoms with E-state index in [4.69, 9.17) is 4.74 Å². The molecule has 1 saturated heterocycles. The molecule has 4 nitrogen and oxygen atoms in total. The van der Waals surface area contributed by atoms with Crippen molar-refractivity contribution < 1.29 is 9.53 Å². The van der Waals surface area contributed by atoms with Gasteiger partial charge in [0.05, 0.1) is 19.1 Å². The van der Waals surface area contributed by atoms with Crippen molar-refractivity contribution in [2.75, 3.05) is 19.7 Å². The molecule has 0 spiro atoms. The summed E-state index contributed by atoms with van der Waals surface area (Å²) < 4.78 is 5.95. The molecule has 1 aromatic carbocycles. The lowest BCUT2D eigenvalue weighted by Crippen LogP contribution is -2.56. The van der Waals surface area contributed by atoms with Crippen LogP contribution < -0.4 is 5.32 Å². The van der Waals surface area contributed by atoms with E-state index in [1.165, 1.54) is 43.2 Å². The molecule has 1 aliphatic heterocycles. The first-order chi connectivity index (χ1) is 13.6. The first-order valence-corrected chi connectivity index (χ1v) is 11.3. The Labute approximate surface area is 169 Å². The summed E-state index contributed by atoms with van der Waals surface area (Å²) in [6.07, 6.45) is 7.39. The van der Waals surface area contributed by atoms with Crippen molar-refractivity contribution in [3.8, 4) is 0 Å². The van der Waals surface area contributed by atoms with E-state index in [0.29, 0.717) is 12.5 Å². The minimum absolute atomic E-state index is 0.0235. The molecule has 1 aromatic rings. The molecule has 1 N–H and O–H groups in total. The van der Waals surface area contributed by atoms with Gasteiger partial charge in [-0.1, -0.05) is 29.8 Å². The largest absolute Gasteiger partial charge is 0.375 e. The van der Waals surface area contributed by atoms with Crippen LogP contribution in [0.2, 0.25) is 0 Å². The predicted octanol–water partition coefficient (Wildman–Crippen LogP) is 3.53. The number of amides is 1. The number of carbonyl (C=O) groups is 1. The highest BCUT2D eigenvalue weighted by atomic mass is 16.5. The van der Waals surface area contributed by atoms with Gasteiger partial charge in [-0.25, -0.2) is 0 Å². The van der Waals surface area contributed by atoms with E-state index in [9.17, 15) is 4.79 Å². The average Bonchev–Trinajstić information content (AvgIpc) is 2.64. The molecule has 152 valence electrons. The molecule has 0 aromatic heterocycles. The Kier molecular flexibility index (Phi) is 5.18. The normalized spacial score (nSPS) is 37.2. The van der Waals surface area contributed by atoms with Crippen LogP contribution in [0, 0.1) is 30.6 Å². The highest BCUT2D eigenvalue weighted by molar-refractivity contribution is 5.77. The third-order valence-corrected chi connectivity index (χ3v) is 7.68. The van der Waals surface area contributed by atoms with Gasteiger partial charge in [-0.15, -0.1) is 0 Å². The minimum atomic E-state index is 0.0235. The van der Waals surface area contributed by atoms with Gasteiger partial charge < -0.3 is 10.1 Å². The van der Waals surface area contributed by atoms with Gasteiger partial charge >= 0.3 is 0 Å². The minimum Gasteiger partial charge on any atom is -0.375 e. The number of benzene rings is 1. The fraction of sp³-hybridized carbons (Fsp3) is 0.708. The number of morpholine rings is 1. The summed E-state index contributed by atoms with van der Waals surface area (Å²) in [5.41, 5.74) is 2.65. The van der Waals surface area contributed by atoms with Crippen molar-refractivity contribution in [2.45, 2.75) is 64.1 Å². The van der Waals surface area contributed by atoms with Crippen LogP contribution in [0.5, 0.6) is 0 Å². The van der Waals surface area contributed by atoms with E-state index in [1.807, 2.05) is 0 Å². The maximum Gasteiger partial charge on any atom is 0.222 e. The van der Waals surface area contributed by atoms with E-state index < -0.39 is 0 Å². The molecule has 5 fully saturated rings. The number of ether oxygens (including phenoxy) is 1. The Morgan fingerprint density at radius 3 is 2.61 bits per heavy atom. The van der Waals surface area contributed by atoms with E-state index in [1.54, 1.807) is 0 Å². The number of aryl methyl sites for hydroxylation is 1. The van der Waals surface area contributed by atoms with Gasteiger partial charge in [0.2, 0.25) is 5.91 Å². The number of nitrogens with zero attached hydrogens (tertiary/aromatic N) is 1. The predicted molar refractivity (Wildman–Crippen MR) is 110 cm³/mol. The fourth-order valence-electron chi connectivity index (χ4n) is 6.73. The standard InChI is InChI=1S/C24H34N2O2/c1-16-3-2-4-17(7-16)14-26-5-6-28-22(15-26)13-23(27)25-24-20-9-18-8-19(11-20)12-21(24)10-18/h2-4,7,18-22,24H,5-6,8-15H2,1H3,(H,25,27). The molecule has 1 heterocycles. The van der Waals surface area contributed by atoms with Crippen molar-refractivity contribution in [3.05, 3.63) is 35.4 Å². The highest BCUT2D eigenvalue weighted by Crippen LogP contribution is 2.53. The van der Waals surface area contributed by atoms with Crippen molar-refractivity contribution >= 4 is 5.91 Å². The van der Waals surface area contributed by atoms with Crippen LogP contribution in [0.15, 0.2) is 24.3 Å². The molecule has 6 rings (SSSR count). The van der Waals surface area contributed by atoms with Crippen molar-refractivity contribution in [1.29, 1.82) is 0 Å². The van der Waals surface area contributed by atoms with Crippen molar-refractivity contribution in [2.24, 2.45) is 23.7 Å². The summed E-state index contributed by atoms with van der Waals surface area (Å²) in [5.74, 6) is 3.59. The van der Waals surface area contributed by atoms with E-state index >= 15 is 0 Å². The van der Waals surface area contributed by atoms with E-state index in [0.717, 1.165) is 49.9 Å². The SMILES string of the molecule is Cc1cccc(CN2CCOC(CC(=O)NC3C4CC5CC(C4)CC3C5)C2)c1. The van der Waals surface area contributed by atoms with Gasteiger partial charge in [0.25, 0.3) is 0 Å². The second-order valence-electron chi connectivity index (χ2n) is 9.95. The molecule has 4 bridgehead atoms. The van der Waals surface area contributed by atoms with Crippen molar-refractivity contribution in [1.82, 2.24) is 10.2 Å². The first-order valence-electron chi connectivity index (χ1n) is 11.3. The molecular formula is C24H34N2O2. The Bertz CT molecular complexity index is 690. The lowest BCUT2D eigenvalue weighted by Gasteiger charge is -2.54. The molecule has 4 aliphatic carbocycles. The summed E-state index contributed by atoms with van der Waals surface area (Å²) in [6.45, 7) is 5.60. The Hall–Kier alpha value is -1.39. The molecule has 1 amide bonds. The fourth-order valence-corrected chi connectivity index (χ4v) is 6.73. The van der Waals surface area contributed by atoms with Gasteiger partial charge in [0, 0.05) is 25.7 Å². The molecule has 4 heteroatoms. The molecule has 0 radical (unpaired) electrons. The van der Waals surface area contributed by atoms with Crippen LogP contribution in [0.3, 0.4) is 0 Å². The van der Waals surface area contributed by atoms with Crippen LogP contribution >= 0.6 is 0 Å². The Morgan fingerprint density at radius 1 is 1.14 bits per heavy atom. The summed E-state index contributed by atoms with van der Waals surface area (Å²) in [5, 5.41) is 3.44. The summed E-state index contributed by atoms with van der Waals surface area (Å²) >= 11 is 0. The first kappa shape index (κ1) is 18.6. The number of hydrogen-bond donors (Lipinski definition) is 1. The van der Waals surface area contributed by atoms with Crippen LogP contribution in [-0.4, -0.2) is 42.6 Å². The number of nitrogens with one attached hydrogen (secondary N) is 1. The average molecular weight is 383 g/mol. The zero-order valence-corrected chi connectivity index (χ0v) is 17.1. The summed E-state index contributed by atoms with van der Waals surface area (Å²) in [7, 11) is 0. The lowest BCUT2D eigenvalue weighted by molar-refractivity contribution is -0.130. The van der Waals surface area contributed by atoms with Crippen molar-refractivity contribution in [3.63, 3.8) is 0 Å². The van der Waals surface area contributed by atoms with Gasteiger partial charge in [0.15, 0.2) is 0 Å². The van der Waals surface area contributed by atoms with Gasteiger partial charge in [-0.2, -0.15) is 0 Å². The van der Waals surface area contributed by atoms with Gasteiger partial charge in [-0.05, 0) is 68.3 Å². The van der Waals surface area contributed by atoms with Crippen LogP contribution in [0.4, 0.5) is 0 Å². The third kappa shape index (κ3) is 3.99. The molecule has 5 aliphatic rings. The van der Waals surface area contributed by atoms with Crippen LogP contribution in [0.25, 0.3) is 0 Å². The third-order valence-electron chi connectivity index (χ3n) is 7.68. The quantitative estimate of drug-likeness (QED) is 0.847. The number of rotatable bonds is 5. The molecule has 1 atom stereocenters. The summed E-state index contributed by atoms with van der Waals surface area (Å²) in [6, 6.07) is 9.15. The molecule has 1 unspecified atom stereocenters. The number of carbonyl (C=O) groups excluding carboxylic acids is 1.